The zero-order valence-electron chi connectivity index (χ0n) is 15.5. The molecule has 1 aliphatic heterocycles. The average molecular weight is 369 g/mol. The molecule has 3 N–H and O–H groups in total. The fourth-order valence-corrected chi connectivity index (χ4v) is 3.20. The van der Waals surface area contributed by atoms with Crippen molar-refractivity contribution in [3.63, 3.8) is 0 Å². The summed E-state index contributed by atoms with van der Waals surface area (Å²) in [6.07, 6.45) is 3.06. The lowest BCUT2D eigenvalue weighted by Gasteiger charge is -2.34. The number of ether oxygens (including phenoxy) is 1. The number of dihydropyridines is 1. The van der Waals surface area contributed by atoms with Crippen LogP contribution in [0.5, 0.6) is 0 Å². The maximum Gasteiger partial charge on any atom is 0.267 e. The number of alkyl halides is 2. The van der Waals surface area contributed by atoms with Crippen molar-refractivity contribution in [3.8, 4) is 0 Å². The van der Waals surface area contributed by atoms with Gasteiger partial charge in [-0.05, 0) is 38.3 Å². The summed E-state index contributed by atoms with van der Waals surface area (Å²) in [4.78, 5) is 3.69. The van der Waals surface area contributed by atoms with E-state index >= 15 is 0 Å². The van der Waals surface area contributed by atoms with Gasteiger partial charge >= 0.3 is 0 Å². The Kier molecular flexibility index (Phi) is 6.01. The van der Waals surface area contributed by atoms with Gasteiger partial charge in [-0.15, -0.1) is 0 Å². The molecule has 0 radical (unpaired) electrons. The van der Waals surface area contributed by atoms with Crippen molar-refractivity contribution in [2.75, 3.05) is 6.61 Å². The molecule has 0 aromatic carbocycles. The molecule has 0 fully saturated rings. The number of rotatable bonds is 7. The Balaban J connectivity index is 2.23. The third-order valence-corrected chi connectivity index (χ3v) is 4.23. The van der Waals surface area contributed by atoms with Crippen LogP contribution < -0.4 is 11.1 Å². The first-order valence-corrected chi connectivity index (χ1v) is 8.55. The molecule has 1 aliphatic rings. The maximum atomic E-state index is 14.1. The summed E-state index contributed by atoms with van der Waals surface area (Å²) in [6.45, 7) is 7.61. The van der Waals surface area contributed by atoms with Crippen LogP contribution in [0.15, 0.2) is 42.1 Å². The van der Waals surface area contributed by atoms with Crippen molar-refractivity contribution in [2.24, 2.45) is 11.7 Å². The molecule has 1 aromatic heterocycles. The molecule has 0 amide bonds. The first kappa shape index (κ1) is 20.3. The minimum Gasteiger partial charge on any atom is -0.490 e. The molecule has 2 rings (SSSR count). The molecule has 0 bridgehead atoms. The summed E-state index contributed by atoms with van der Waals surface area (Å²) >= 11 is 0. The summed E-state index contributed by atoms with van der Waals surface area (Å²) in [7, 11) is 0. The number of nitrogens with one attached hydrogen (secondary N) is 1. The number of nitrogens with zero attached hydrogens (tertiary/aromatic N) is 1. The molecular weight excluding hydrogens is 343 g/mol. The van der Waals surface area contributed by atoms with Crippen molar-refractivity contribution < 1.29 is 17.9 Å². The van der Waals surface area contributed by atoms with Crippen LogP contribution in [0.4, 0.5) is 13.2 Å². The van der Waals surface area contributed by atoms with Crippen LogP contribution in [0.2, 0.25) is 0 Å². The van der Waals surface area contributed by atoms with Crippen molar-refractivity contribution >= 4 is 0 Å². The van der Waals surface area contributed by atoms with Gasteiger partial charge in [-0.3, -0.25) is 4.98 Å². The number of pyridine rings is 1. The molecule has 0 saturated heterocycles. The van der Waals surface area contributed by atoms with E-state index < -0.39 is 23.3 Å². The number of allylic oxidation sites excluding steroid dienone is 1. The lowest BCUT2D eigenvalue weighted by molar-refractivity contribution is 0.119. The Morgan fingerprint density at radius 1 is 1.38 bits per heavy atom. The smallest absolute Gasteiger partial charge is 0.267 e. The molecule has 1 aromatic rings. The summed E-state index contributed by atoms with van der Waals surface area (Å²) in [5.74, 6) is -0.195. The van der Waals surface area contributed by atoms with Gasteiger partial charge in [-0.2, -0.15) is 0 Å². The monoisotopic (exact) mass is 369 g/mol. The Morgan fingerprint density at radius 3 is 2.65 bits per heavy atom. The zero-order valence-corrected chi connectivity index (χ0v) is 15.5. The third-order valence-electron chi connectivity index (χ3n) is 4.23. The molecule has 7 heteroatoms. The lowest BCUT2D eigenvalue weighted by atomic mass is 9.87. The molecule has 0 spiro atoms. The summed E-state index contributed by atoms with van der Waals surface area (Å²) in [6, 6.07) is 1.46. The van der Waals surface area contributed by atoms with E-state index in [1.807, 2.05) is 20.8 Å². The van der Waals surface area contributed by atoms with Crippen LogP contribution in [0.25, 0.3) is 0 Å². The van der Waals surface area contributed by atoms with Crippen LogP contribution in [0, 0.1) is 11.7 Å². The Bertz CT molecular complexity index is 701. The van der Waals surface area contributed by atoms with E-state index in [0.717, 1.165) is 6.20 Å². The molecule has 144 valence electrons. The highest BCUT2D eigenvalue weighted by Crippen LogP contribution is 2.34. The second-order valence-electron chi connectivity index (χ2n) is 7.65. The number of hydrogen-bond donors (Lipinski definition) is 2. The minimum absolute atomic E-state index is 0.0207. The minimum atomic E-state index is -2.76. The van der Waals surface area contributed by atoms with E-state index in [-0.39, 0.29) is 23.5 Å². The number of nitrogens with two attached hydrogens (primary N) is 1. The van der Waals surface area contributed by atoms with E-state index in [1.54, 1.807) is 6.92 Å². The zero-order chi connectivity index (χ0) is 19.5. The van der Waals surface area contributed by atoms with E-state index in [4.69, 9.17) is 10.5 Å². The second-order valence-corrected chi connectivity index (χ2v) is 7.65. The number of halogens is 3. The van der Waals surface area contributed by atoms with Gasteiger partial charge < -0.3 is 15.8 Å². The van der Waals surface area contributed by atoms with Crippen molar-refractivity contribution in [3.05, 3.63) is 53.4 Å². The number of hydrogen-bond acceptors (Lipinski definition) is 4. The molecule has 26 heavy (non-hydrogen) atoms. The molecule has 4 nitrogen and oxygen atoms in total. The highest BCUT2D eigenvalue weighted by Gasteiger charge is 2.34. The van der Waals surface area contributed by atoms with Crippen LogP contribution in [0.3, 0.4) is 0 Å². The maximum absolute atomic E-state index is 14.1. The molecule has 2 unspecified atom stereocenters. The van der Waals surface area contributed by atoms with E-state index in [1.165, 1.54) is 24.5 Å². The van der Waals surface area contributed by atoms with E-state index in [0.29, 0.717) is 12.3 Å². The fraction of sp³-hybridized carbons (Fsp3) is 0.526. The van der Waals surface area contributed by atoms with Gasteiger partial charge in [0.15, 0.2) is 0 Å². The molecule has 0 saturated carbocycles. The van der Waals surface area contributed by atoms with Gasteiger partial charge in [-0.25, -0.2) is 13.2 Å². The second kappa shape index (κ2) is 7.70. The quantitative estimate of drug-likeness (QED) is 0.766. The van der Waals surface area contributed by atoms with Gasteiger partial charge in [0.1, 0.15) is 18.2 Å². The molecule has 2 heterocycles. The summed E-state index contributed by atoms with van der Waals surface area (Å²) < 4.78 is 46.9. The van der Waals surface area contributed by atoms with E-state index in [2.05, 4.69) is 10.3 Å². The molecule has 0 aliphatic carbocycles. The third kappa shape index (κ3) is 4.78. The van der Waals surface area contributed by atoms with E-state index in [9.17, 15) is 13.2 Å². The fourth-order valence-electron chi connectivity index (χ4n) is 3.20. The van der Waals surface area contributed by atoms with Crippen molar-refractivity contribution in [1.29, 1.82) is 0 Å². The van der Waals surface area contributed by atoms with Gasteiger partial charge in [0.05, 0.1) is 17.3 Å². The Labute approximate surface area is 152 Å². The largest absolute Gasteiger partial charge is 0.490 e. The standard InChI is InChI=1S/C19H26F3N3O/c1-12(2)7-18(3,23)11-26-16-10-25-19(4,8-13(16)17(21)22)14-5-6-24-9-15(14)20/h5-6,8-10,12,17,25H,7,11,23H2,1-4H3. The Morgan fingerprint density at radius 2 is 2.08 bits per heavy atom. The number of aromatic nitrogens is 1. The molecule has 2 atom stereocenters. The SMILES string of the molecule is CC(C)CC(C)(N)COC1=CNC(C)(c2ccncc2F)C=C1C(F)F. The lowest BCUT2D eigenvalue weighted by Crippen LogP contribution is -2.43. The topological polar surface area (TPSA) is 60.2 Å². The Hall–Kier alpha value is -2.02. The van der Waals surface area contributed by atoms with Crippen molar-refractivity contribution in [1.82, 2.24) is 10.3 Å². The van der Waals surface area contributed by atoms with Crippen molar-refractivity contribution in [2.45, 2.75) is 51.6 Å². The van der Waals surface area contributed by atoms with Crippen LogP contribution in [0.1, 0.15) is 39.7 Å². The first-order valence-electron chi connectivity index (χ1n) is 8.55. The van der Waals surface area contributed by atoms with Gasteiger partial charge in [0.25, 0.3) is 6.43 Å². The first-order chi connectivity index (χ1) is 12.0. The van der Waals surface area contributed by atoms with Gasteiger partial charge in [0, 0.05) is 23.5 Å². The molecular formula is C19H26F3N3O. The average Bonchev–Trinajstić information content (AvgIpc) is 2.52. The van der Waals surface area contributed by atoms with Crippen LogP contribution in [-0.4, -0.2) is 23.6 Å². The summed E-state index contributed by atoms with van der Waals surface area (Å²) in [5.41, 5.74) is 4.35. The van der Waals surface area contributed by atoms with Gasteiger partial charge in [-0.1, -0.05) is 13.8 Å². The highest BCUT2D eigenvalue weighted by molar-refractivity contribution is 5.41. The highest BCUT2D eigenvalue weighted by atomic mass is 19.3. The van der Waals surface area contributed by atoms with Gasteiger partial charge in [0.2, 0.25) is 0 Å². The normalized spacial score (nSPS) is 22.5. The van der Waals surface area contributed by atoms with Crippen LogP contribution >= 0.6 is 0 Å². The predicted molar refractivity (Wildman–Crippen MR) is 94.9 cm³/mol. The summed E-state index contributed by atoms with van der Waals surface area (Å²) in [5, 5.41) is 2.96. The predicted octanol–water partition coefficient (Wildman–Crippen LogP) is 3.85. The van der Waals surface area contributed by atoms with Crippen LogP contribution in [-0.2, 0) is 10.3 Å².